The Hall–Kier alpha value is -0.540. The van der Waals surface area contributed by atoms with E-state index in [2.05, 4.69) is 28.9 Å². The molecular weight excluding hydrogens is 258 g/mol. The highest BCUT2D eigenvalue weighted by Gasteiger charge is 2.56. The van der Waals surface area contributed by atoms with E-state index in [9.17, 15) is 0 Å². The molecule has 0 saturated heterocycles. The summed E-state index contributed by atoms with van der Waals surface area (Å²) in [6.45, 7) is 6.33. The van der Waals surface area contributed by atoms with Crippen LogP contribution in [0.2, 0.25) is 5.02 Å². The lowest BCUT2D eigenvalue weighted by molar-refractivity contribution is 0.394. The molecule has 3 unspecified atom stereocenters. The third kappa shape index (κ3) is 2.31. The standard InChI is InChI=1S/C15H24ClN3/c1-3-8-19-15(12(16)9-18-19)14(17-4-2)13-10-6-5-7-11(10)13/h9-11,13-14,17H,3-8H2,1-2H3. The summed E-state index contributed by atoms with van der Waals surface area (Å²) in [5.74, 6) is 2.66. The number of hydrogen-bond donors (Lipinski definition) is 1. The number of nitrogens with one attached hydrogen (secondary N) is 1. The number of rotatable bonds is 6. The first kappa shape index (κ1) is 13.4. The molecule has 2 aliphatic rings. The van der Waals surface area contributed by atoms with Crippen molar-refractivity contribution in [1.29, 1.82) is 0 Å². The molecule has 0 spiro atoms. The molecule has 1 aromatic rings. The van der Waals surface area contributed by atoms with Gasteiger partial charge in [-0.1, -0.05) is 31.9 Å². The largest absolute Gasteiger partial charge is 0.309 e. The van der Waals surface area contributed by atoms with E-state index < -0.39 is 0 Å². The molecule has 0 bridgehead atoms. The van der Waals surface area contributed by atoms with Gasteiger partial charge < -0.3 is 5.32 Å². The number of hydrogen-bond acceptors (Lipinski definition) is 2. The minimum atomic E-state index is 0.404. The molecule has 0 aromatic carbocycles. The van der Waals surface area contributed by atoms with Crippen molar-refractivity contribution in [2.45, 2.75) is 52.1 Å². The third-order valence-corrected chi connectivity index (χ3v) is 5.14. The number of fused-ring (bicyclic) bond motifs is 1. The summed E-state index contributed by atoms with van der Waals surface area (Å²) in [5.41, 5.74) is 1.23. The van der Waals surface area contributed by atoms with Gasteiger partial charge in [0.1, 0.15) is 0 Å². The van der Waals surface area contributed by atoms with Crippen LogP contribution in [0.4, 0.5) is 0 Å². The molecule has 1 N–H and O–H groups in total. The average Bonchev–Trinajstić information content (AvgIpc) is 2.75. The molecule has 2 fully saturated rings. The minimum absolute atomic E-state index is 0.404. The molecule has 2 saturated carbocycles. The van der Waals surface area contributed by atoms with Gasteiger partial charge >= 0.3 is 0 Å². The Balaban J connectivity index is 1.85. The first-order valence-electron chi connectivity index (χ1n) is 7.72. The normalized spacial score (nSPS) is 30.4. The summed E-state index contributed by atoms with van der Waals surface area (Å²) < 4.78 is 2.11. The zero-order chi connectivity index (χ0) is 13.4. The number of aromatic nitrogens is 2. The van der Waals surface area contributed by atoms with Gasteiger partial charge in [0.2, 0.25) is 0 Å². The lowest BCUT2D eigenvalue weighted by Gasteiger charge is -2.22. The fourth-order valence-electron chi connectivity index (χ4n) is 4.08. The van der Waals surface area contributed by atoms with E-state index >= 15 is 0 Å². The second-order valence-electron chi connectivity index (χ2n) is 5.97. The van der Waals surface area contributed by atoms with Crippen LogP contribution in [-0.4, -0.2) is 16.3 Å². The molecular formula is C15H24ClN3. The van der Waals surface area contributed by atoms with Gasteiger partial charge in [0, 0.05) is 6.54 Å². The molecule has 0 radical (unpaired) electrons. The summed E-state index contributed by atoms with van der Waals surface area (Å²) in [5, 5.41) is 8.96. The van der Waals surface area contributed by atoms with Crippen molar-refractivity contribution < 1.29 is 0 Å². The topological polar surface area (TPSA) is 29.9 Å². The third-order valence-electron chi connectivity index (χ3n) is 4.84. The van der Waals surface area contributed by atoms with Crippen molar-refractivity contribution in [2.75, 3.05) is 6.54 Å². The molecule has 3 nitrogen and oxygen atoms in total. The first-order valence-corrected chi connectivity index (χ1v) is 8.10. The van der Waals surface area contributed by atoms with Crippen molar-refractivity contribution in [2.24, 2.45) is 17.8 Å². The van der Waals surface area contributed by atoms with E-state index in [1.165, 1.54) is 25.0 Å². The summed E-state index contributed by atoms with van der Waals surface area (Å²) >= 11 is 6.42. The molecule has 19 heavy (non-hydrogen) atoms. The molecule has 3 atom stereocenters. The maximum absolute atomic E-state index is 6.42. The van der Waals surface area contributed by atoms with Gasteiger partial charge in [-0.3, -0.25) is 4.68 Å². The Bertz CT molecular complexity index is 433. The predicted molar refractivity (Wildman–Crippen MR) is 78.3 cm³/mol. The highest BCUT2D eigenvalue weighted by molar-refractivity contribution is 6.31. The molecule has 0 amide bonds. The average molecular weight is 282 g/mol. The molecule has 0 aliphatic heterocycles. The van der Waals surface area contributed by atoms with Crippen LogP contribution in [0.1, 0.15) is 51.3 Å². The van der Waals surface area contributed by atoms with Gasteiger partial charge in [-0.2, -0.15) is 5.10 Å². The Morgan fingerprint density at radius 3 is 2.79 bits per heavy atom. The molecule has 1 heterocycles. The maximum atomic E-state index is 6.42. The van der Waals surface area contributed by atoms with Crippen LogP contribution < -0.4 is 5.32 Å². The van der Waals surface area contributed by atoms with Crippen molar-refractivity contribution in [3.63, 3.8) is 0 Å². The van der Waals surface area contributed by atoms with Gasteiger partial charge in [0.05, 0.1) is 23.0 Å². The molecule has 1 aromatic heterocycles. The van der Waals surface area contributed by atoms with Gasteiger partial charge in [0.25, 0.3) is 0 Å². The van der Waals surface area contributed by atoms with Crippen molar-refractivity contribution in [1.82, 2.24) is 15.1 Å². The van der Waals surface area contributed by atoms with E-state index in [0.717, 1.165) is 42.3 Å². The highest BCUT2D eigenvalue weighted by Crippen LogP contribution is 2.62. The first-order chi connectivity index (χ1) is 9.27. The molecule has 4 heteroatoms. The van der Waals surface area contributed by atoms with E-state index in [-0.39, 0.29) is 0 Å². The van der Waals surface area contributed by atoms with Crippen LogP contribution in [-0.2, 0) is 6.54 Å². The SMILES string of the molecule is CCCn1ncc(Cl)c1C(NCC)C1C2CCCC21. The summed E-state index contributed by atoms with van der Waals surface area (Å²) in [6, 6.07) is 0.404. The lowest BCUT2D eigenvalue weighted by Crippen LogP contribution is -2.27. The zero-order valence-electron chi connectivity index (χ0n) is 11.9. The smallest absolute Gasteiger partial charge is 0.0834 e. The molecule has 2 aliphatic carbocycles. The van der Waals surface area contributed by atoms with Crippen LogP contribution in [0.5, 0.6) is 0 Å². The highest BCUT2D eigenvalue weighted by atomic mass is 35.5. The van der Waals surface area contributed by atoms with Crippen molar-refractivity contribution in [3.05, 3.63) is 16.9 Å². The number of nitrogens with zero attached hydrogens (tertiary/aromatic N) is 2. The van der Waals surface area contributed by atoms with Crippen LogP contribution in [0.3, 0.4) is 0 Å². The second-order valence-corrected chi connectivity index (χ2v) is 6.38. The quantitative estimate of drug-likeness (QED) is 0.863. The Kier molecular flexibility index (Phi) is 3.86. The van der Waals surface area contributed by atoms with Crippen LogP contribution >= 0.6 is 11.6 Å². The van der Waals surface area contributed by atoms with Gasteiger partial charge in [-0.15, -0.1) is 0 Å². The van der Waals surface area contributed by atoms with E-state index in [4.69, 9.17) is 11.6 Å². The maximum Gasteiger partial charge on any atom is 0.0834 e. The van der Waals surface area contributed by atoms with Crippen molar-refractivity contribution >= 4 is 11.6 Å². The molecule has 106 valence electrons. The zero-order valence-corrected chi connectivity index (χ0v) is 12.7. The Labute approximate surface area is 120 Å². The van der Waals surface area contributed by atoms with E-state index in [1.54, 1.807) is 0 Å². The second kappa shape index (κ2) is 5.45. The monoisotopic (exact) mass is 281 g/mol. The fourth-order valence-corrected chi connectivity index (χ4v) is 4.34. The summed E-state index contributed by atoms with van der Waals surface area (Å²) in [6.07, 6.45) is 7.16. The van der Waals surface area contributed by atoms with Crippen molar-refractivity contribution in [3.8, 4) is 0 Å². The van der Waals surface area contributed by atoms with Crippen LogP contribution in [0, 0.1) is 17.8 Å². The van der Waals surface area contributed by atoms with Crippen LogP contribution in [0.25, 0.3) is 0 Å². The van der Waals surface area contributed by atoms with Gasteiger partial charge in [0.15, 0.2) is 0 Å². The summed E-state index contributed by atoms with van der Waals surface area (Å²) in [7, 11) is 0. The number of aryl methyl sites for hydroxylation is 1. The van der Waals surface area contributed by atoms with Gasteiger partial charge in [-0.05, 0) is 43.6 Å². The summed E-state index contributed by atoms with van der Waals surface area (Å²) in [4.78, 5) is 0. The Morgan fingerprint density at radius 1 is 1.42 bits per heavy atom. The number of halogens is 1. The van der Waals surface area contributed by atoms with Gasteiger partial charge in [-0.25, -0.2) is 0 Å². The minimum Gasteiger partial charge on any atom is -0.309 e. The molecule has 3 rings (SSSR count). The van der Waals surface area contributed by atoms with E-state index in [0.29, 0.717) is 6.04 Å². The van der Waals surface area contributed by atoms with E-state index in [1.807, 2.05) is 6.20 Å². The Morgan fingerprint density at radius 2 is 2.16 bits per heavy atom. The van der Waals surface area contributed by atoms with Crippen LogP contribution in [0.15, 0.2) is 6.20 Å². The fraction of sp³-hybridized carbons (Fsp3) is 0.800. The predicted octanol–water partition coefficient (Wildman–Crippen LogP) is 3.64. The lowest BCUT2D eigenvalue weighted by atomic mass is 10.0.